The zero-order valence-electron chi connectivity index (χ0n) is 14.7. The van der Waals surface area contributed by atoms with Crippen molar-refractivity contribution < 1.29 is 9.53 Å². The number of hydrogen-bond acceptors (Lipinski definition) is 3. The molecule has 0 aliphatic heterocycles. The molecule has 0 aliphatic carbocycles. The van der Waals surface area contributed by atoms with Crippen LogP contribution in [0.1, 0.15) is 34.0 Å². The number of ether oxygens (including phenoxy) is 1. The zero-order valence-corrected chi connectivity index (χ0v) is 17.1. The summed E-state index contributed by atoms with van der Waals surface area (Å²) in [7, 11) is 0. The summed E-state index contributed by atoms with van der Waals surface area (Å²) in [4.78, 5) is 12.4. The Morgan fingerprint density at radius 3 is 2.36 bits per heavy atom. The Balaban J connectivity index is 2.08. The lowest BCUT2D eigenvalue weighted by atomic mass is 10.1. The quantitative estimate of drug-likeness (QED) is 0.690. The molecule has 0 spiro atoms. The Bertz CT molecular complexity index is 798. The van der Waals surface area contributed by atoms with Gasteiger partial charge in [-0.15, -0.1) is 0 Å². The molecule has 2 aromatic carbocycles. The molecule has 0 aliphatic rings. The lowest BCUT2D eigenvalue weighted by molar-refractivity contribution is 0.0977. The minimum atomic E-state index is -0.274. The van der Waals surface area contributed by atoms with Gasteiger partial charge in [0.25, 0.3) is 5.91 Å². The van der Waals surface area contributed by atoms with E-state index in [1.54, 1.807) is 18.2 Å². The van der Waals surface area contributed by atoms with E-state index in [2.05, 4.69) is 38.7 Å². The number of thiocarbonyl (C=S) groups is 1. The van der Waals surface area contributed by atoms with Gasteiger partial charge in [0.2, 0.25) is 0 Å². The molecular weight excluding hydrogens is 400 g/mol. The van der Waals surface area contributed by atoms with Gasteiger partial charge in [-0.3, -0.25) is 10.1 Å². The summed E-state index contributed by atoms with van der Waals surface area (Å²) < 4.78 is 6.18. The number of hydrogen-bond donors (Lipinski definition) is 2. The first-order chi connectivity index (χ1) is 11.8. The number of carbonyl (C=O) groups excluding carboxylic acids is 1. The van der Waals surface area contributed by atoms with Crippen molar-refractivity contribution in [2.75, 3.05) is 11.9 Å². The first-order valence-corrected chi connectivity index (χ1v) is 9.14. The fraction of sp³-hybridized carbons (Fsp3) is 0.263. The standard InChI is InChI=1S/C19H21BrN2O2S/c1-5-24-16-7-6-14(10-15(16)20)18(23)22-19(25)21-17-12(3)8-11(2)9-13(17)4/h6-10H,5H2,1-4H3,(H2,21,22,23,25). The molecule has 2 aromatic rings. The molecule has 0 atom stereocenters. The molecular formula is C19H21BrN2O2S. The summed E-state index contributed by atoms with van der Waals surface area (Å²) in [6.45, 7) is 8.54. The summed E-state index contributed by atoms with van der Waals surface area (Å²) in [5.41, 5.74) is 4.77. The zero-order chi connectivity index (χ0) is 18.6. The van der Waals surface area contributed by atoms with Gasteiger partial charge in [-0.2, -0.15) is 0 Å². The average molecular weight is 421 g/mol. The maximum Gasteiger partial charge on any atom is 0.257 e. The van der Waals surface area contributed by atoms with E-state index < -0.39 is 0 Å². The van der Waals surface area contributed by atoms with E-state index in [4.69, 9.17) is 17.0 Å². The van der Waals surface area contributed by atoms with Crippen molar-refractivity contribution in [3.05, 3.63) is 57.1 Å². The smallest absolute Gasteiger partial charge is 0.257 e. The Kier molecular flexibility index (Phi) is 6.56. The Morgan fingerprint density at radius 1 is 1.16 bits per heavy atom. The molecule has 1 amide bonds. The predicted octanol–water partition coefficient (Wildman–Crippen LogP) is 4.90. The molecule has 0 fully saturated rings. The van der Waals surface area contributed by atoms with E-state index in [-0.39, 0.29) is 11.0 Å². The average Bonchev–Trinajstić information content (AvgIpc) is 2.53. The monoisotopic (exact) mass is 420 g/mol. The molecule has 25 heavy (non-hydrogen) atoms. The van der Waals surface area contributed by atoms with Crippen LogP contribution in [0.15, 0.2) is 34.8 Å². The third-order valence-corrected chi connectivity index (χ3v) is 4.46. The van der Waals surface area contributed by atoms with Crippen molar-refractivity contribution in [1.29, 1.82) is 0 Å². The van der Waals surface area contributed by atoms with Gasteiger partial charge < -0.3 is 10.1 Å². The van der Waals surface area contributed by atoms with Gasteiger partial charge in [0.1, 0.15) is 5.75 Å². The number of carbonyl (C=O) groups is 1. The lowest BCUT2D eigenvalue weighted by Gasteiger charge is -2.15. The molecule has 0 radical (unpaired) electrons. The van der Waals surface area contributed by atoms with E-state index in [0.717, 1.165) is 21.3 Å². The Morgan fingerprint density at radius 2 is 1.80 bits per heavy atom. The lowest BCUT2D eigenvalue weighted by Crippen LogP contribution is -2.34. The summed E-state index contributed by atoms with van der Waals surface area (Å²) in [5, 5.41) is 6.10. The number of halogens is 1. The number of aryl methyl sites for hydroxylation is 3. The second kappa shape index (κ2) is 8.45. The van der Waals surface area contributed by atoms with Crippen LogP contribution in [-0.2, 0) is 0 Å². The first kappa shape index (κ1) is 19.4. The predicted molar refractivity (Wildman–Crippen MR) is 110 cm³/mol. The van der Waals surface area contributed by atoms with Crippen molar-refractivity contribution in [3.8, 4) is 5.75 Å². The van der Waals surface area contributed by atoms with E-state index in [1.165, 1.54) is 5.56 Å². The highest BCUT2D eigenvalue weighted by Crippen LogP contribution is 2.26. The summed E-state index contributed by atoms with van der Waals surface area (Å²) in [5.74, 6) is 0.425. The fourth-order valence-electron chi connectivity index (χ4n) is 2.61. The molecule has 6 heteroatoms. The van der Waals surface area contributed by atoms with Crippen molar-refractivity contribution in [3.63, 3.8) is 0 Å². The minimum absolute atomic E-state index is 0.269. The van der Waals surface area contributed by atoms with Crippen LogP contribution < -0.4 is 15.4 Å². The van der Waals surface area contributed by atoms with Crippen LogP contribution in [0.2, 0.25) is 0 Å². The Labute approximate surface area is 162 Å². The first-order valence-electron chi connectivity index (χ1n) is 7.94. The van der Waals surface area contributed by atoms with E-state index in [0.29, 0.717) is 17.9 Å². The second-order valence-electron chi connectivity index (χ2n) is 5.76. The highest BCUT2D eigenvalue weighted by molar-refractivity contribution is 9.10. The van der Waals surface area contributed by atoms with E-state index in [9.17, 15) is 4.79 Å². The van der Waals surface area contributed by atoms with Crippen molar-refractivity contribution in [2.45, 2.75) is 27.7 Å². The maximum absolute atomic E-state index is 12.4. The normalized spacial score (nSPS) is 10.3. The fourth-order valence-corrected chi connectivity index (χ4v) is 3.30. The maximum atomic E-state index is 12.4. The number of rotatable bonds is 4. The summed E-state index contributed by atoms with van der Waals surface area (Å²) in [6, 6.07) is 9.32. The molecule has 0 saturated heterocycles. The van der Waals surface area contributed by atoms with Crippen LogP contribution in [-0.4, -0.2) is 17.6 Å². The topological polar surface area (TPSA) is 50.4 Å². The van der Waals surface area contributed by atoms with Gasteiger partial charge >= 0.3 is 0 Å². The minimum Gasteiger partial charge on any atom is -0.493 e. The van der Waals surface area contributed by atoms with Gasteiger partial charge in [0.05, 0.1) is 11.1 Å². The third kappa shape index (κ3) is 5.03. The van der Waals surface area contributed by atoms with Crippen molar-refractivity contribution in [2.24, 2.45) is 0 Å². The molecule has 0 heterocycles. The van der Waals surface area contributed by atoms with Crippen molar-refractivity contribution >= 4 is 44.9 Å². The van der Waals surface area contributed by atoms with Crippen LogP contribution in [0, 0.1) is 20.8 Å². The van der Waals surface area contributed by atoms with E-state index in [1.807, 2.05) is 27.7 Å². The number of amides is 1. The number of anilines is 1. The van der Waals surface area contributed by atoms with Crippen LogP contribution >= 0.6 is 28.1 Å². The molecule has 4 nitrogen and oxygen atoms in total. The highest BCUT2D eigenvalue weighted by atomic mass is 79.9. The van der Waals surface area contributed by atoms with E-state index >= 15 is 0 Å². The SMILES string of the molecule is CCOc1ccc(C(=O)NC(=S)Nc2c(C)cc(C)cc2C)cc1Br. The highest BCUT2D eigenvalue weighted by Gasteiger charge is 2.12. The van der Waals surface area contributed by atoms with Crippen LogP contribution in [0.4, 0.5) is 5.69 Å². The van der Waals surface area contributed by atoms with Crippen molar-refractivity contribution in [1.82, 2.24) is 5.32 Å². The van der Waals surface area contributed by atoms with Gasteiger partial charge in [0.15, 0.2) is 5.11 Å². The Hall–Kier alpha value is -1.92. The number of benzene rings is 2. The van der Waals surface area contributed by atoms with Crippen LogP contribution in [0.5, 0.6) is 5.75 Å². The number of nitrogens with one attached hydrogen (secondary N) is 2. The molecule has 0 aromatic heterocycles. The van der Waals surface area contributed by atoms with Gasteiger partial charge in [-0.1, -0.05) is 17.7 Å². The van der Waals surface area contributed by atoms with Gasteiger partial charge in [0, 0.05) is 11.3 Å². The molecule has 2 rings (SSSR count). The molecule has 2 N–H and O–H groups in total. The van der Waals surface area contributed by atoms with Crippen LogP contribution in [0.25, 0.3) is 0 Å². The third-order valence-electron chi connectivity index (χ3n) is 3.64. The molecule has 0 unspecified atom stereocenters. The van der Waals surface area contributed by atoms with Crippen LogP contribution in [0.3, 0.4) is 0 Å². The molecule has 0 saturated carbocycles. The second-order valence-corrected chi connectivity index (χ2v) is 7.02. The summed E-state index contributed by atoms with van der Waals surface area (Å²) in [6.07, 6.45) is 0. The largest absolute Gasteiger partial charge is 0.493 e. The molecule has 132 valence electrons. The summed E-state index contributed by atoms with van der Waals surface area (Å²) >= 11 is 8.69. The van der Waals surface area contributed by atoms with Gasteiger partial charge in [-0.05, 0) is 85.2 Å². The molecule has 0 bridgehead atoms. The van der Waals surface area contributed by atoms with Gasteiger partial charge in [-0.25, -0.2) is 0 Å².